The van der Waals surface area contributed by atoms with Gasteiger partial charge in [0.15, 0.2) is 0 Å². The molecule has 1 heterocycles. The fraction of sp³-hybridized carbons (Fsp3) is 0.824. The number of rotatable bonds is 28. The van der Waals surface area contributed by atoms with E-state index in [1.807, 2.05) is 13.8 Å². The quantitative estimate of drug-likeness (QED) is 0.0635. The smallest absolute Gasteiger partial charge is 0.328 e. The van der Waals surface area contributed by atoms with Crippen LogP contribution in [0, 0.1) is 11.8 Å². The molecule has 11 heteroatoms. The van der Waals surface area contributed by atoms with Crippen molar-refractivity contribution in [3.63, 3.8) is 0 Å². The maximum Gasteiger partial charge on any atom is 0.328 e. The molecule has 1 unspecified atom stereocenters. The molecule has 0 aromatic carbocycles. The molecule has 0 spiro atoms. The SMILES string of the molecule is CC(C)C1CC(=O)N(CCCCCC(=O)NC[C@H](NC(=O)CCCCCCCCCCCCCCCCC(=O)O)C(=O)O)C1=O. The minimum atomic E-state index is -1.20. The summed E-state index contributed by atoms with van der Waals surface area (Å²) in [5, 5.41) is 23.2. The minimum absolute atomic E-state index is 0.108. The van der Waals surface area contributed by atoms with Crippen LogP contribution in [0.2, 0.25) is 0 Å². The van der Waals surface area contributed by atoms with Crippen LogP contribution < -0.4 is 10.6 Å². The molecule has 11 nitrogen and oxygen atoms in total. The molecule has 4 amide bonds. The van der Waals surface area contributed by atoms with Crippen LogP contribution in [0.1, 0.15) is 149 Å². The number of amides is 4. The Hall–Kier alpha value is -2.98. The van der Waals surface area contributed by atoms with Gasteiger partial charge >= 0.3 is 11.9 Å². The fourth-order valence-corrected chi connectivity index (χ4v) is 5.65. The molecule has 1 saturated heterocycles. The summed E-state index contributed by atoms with van der Waals surface area (Å²) in [5.41, 5.74) is 0. The topological polar surface area (TPSA) is 170 Å². The number of carboxylic acids is 2. The summed E-state index contributed by atoms with van der Waals surface area (Å²) in [6.07, 6.45) is 18.0. The second-order valence-corrected chi connectivity index (χ2v) is 12.9. The van der Waals surface area contributed by atoms with E-state index in [1.54, 1.807) is 0 Å². The van der Waals surface area contributed by atoms with Crippen molar-refractivity contribution in [2.24, 2.45) is 11.8 Å². The van der Waals surface area contributed by atoms with E-state index in [-0.39, 0.29) is 67.7 Å². The summed E-state index contributed by atoms with van der Waals surface area (Å²) in [7, 11) is 0. The van der Waals surface area contributed by atoms with Crippen LogP contribution >= 0.6 is 0 Å². The predicted octanol–water partition coefficient (Wildman–Crippen LogP) is 5.59. The molecule has 45 heavy (non-hydrogen) atoms. The first kappa shape index (κ1) is 40.0. The summed E-state index contributed by atoms with van der Waals surface area (Å²) in [5.74, 6) is -2.88. The molecule has 1 aliphatic heterocycles. The standard InChI is InChI=1S/C34H59N3O8/c1-26(2)27-24-31(40)37(33(27)43)23-19-15-17-20-29(38)35-25-28(34(44)45)36-30(39)21-16-13-11-9-7-5-3-4-6-8-10-12-14-18-22-32(41)42/h26-28H,3-25H2,1-2H3,(H,35,38)(H,36,39)(H,41,42)(H,44,45)/t27?,28-/m0/s1. The van der Waals surface area contributed by atoms with E-state index in [1.165, 1.54) is 49.8 Å². The van der Waals surface area contributed by atoms with E-state index in [4.69, 9.17) is 5.11 Å². The van der Waals surface area contributed by atoms with E-state index in [0.29, 0.717) is 32.2 Å². The van der Waals surface area contributed by atoms with Crippen LogP contribution in [-0.4, -0.2) is 69.8 Å². The normalized spacial score (nSPS) is 15.4. The zero-order valence-electron chi connectivity index (χ0n) is 27.8. The Bertz CT molecular complexity index is 923. The van der Waals surface area contributed by atoms with E-state index in [9.17, 15) is 33.9 Å². The highest BCUT2D eigenvalue weighted by Gasteiger charge is 2.39. The monoisotopic (exact) mass is 637 g/mol. The molecule has 0 radical (unpaired) electrons. The zero-order chi connectivity index (χ0) is 33.5. The lowest BCUT2D eigenvalue weighted by Crippen LogP contribution is -2.48. The van der Waals surface area contributed by atoms with Crippen molar-refractivity contribution in [3.05, 3.63) is 0 Å². The van der Waals surface area contributed by atoms with Crippen molar-refractivity contribution >= 4 is 35.6 Å². The van der Waals surface area contributed by atoms with Gasteiger partial charge in [0.1, 0.15) is 6.04 Å². The average molecular weight is 638 g/mol. The lowest BCUT2D eigenvalue weighted by Gasteiger charge is -2.16. The molecular weight excluding hydrogens is 578 g/mol. The molecule has 0 bridgehead atoms. The molecule has 1 rings (SSSR count). The molecule has 258 valence electrons. The summed E-state index contributed by atoms with van der Waals surface area (Å²) in [4.78, 5) is 72.3. The van der Waals surface area contributed by atoms with Crippen LogP contribution in [0.3, 0.4) is 0 Å². The number of hydrogen-bond acceptors (Lipinski definition) is 6. The first-order chi connectivity index (χ1) is 21.5. The van der Waals surface area contributed by atoms with Gasteiger partial charge in [-0.15, -0.1) is 0 Å². The molecule has 4 N–H and O–H groups in total. The number of likely N-dealkylation sites (tertiary alicyclic amines) is 1. The van der Waals surface area contributed by atoms with Crippen molar-refractivity contribution in [2.45, 2.75) is 155 Å². The molecular formula is C34H59N3O8. The molecule has 1 aliphatic rings. The average Bonchev–Trinajstić information content (AvgIpc) is 3.27. The lowest BCUT2D eigenvalue weighted by molar-refractivity contribution is -0.142. The van der Waals surface area contributed by atoms with Gasteiger partial charge in [0.2, 0.25) is 23.6 Å². The summed E-state index contributed by atoms with van der Waals surface area (Å²) in [6, 6.07) is -1.18. The van der Waals surface area contributed by atoms with Gasteiger partial charge in [-0.25, -0.2) is 4.79 Å². The van der Waals surface area contributed by atoms with E-state index < -0.39 is 18.0 Å². The molecule has 2 atom stereocenters. The number of carboxylic acid groups (broad SMARTS) is 2. The Morgan fingerprint density at radius 3 is 1.58 bits per heavy atom. The first-order valence-corrected chi connectivity index (χ1v) is 17.4. The van der Waals surface area contributed by atoms with Crippen LogP contribution in [0.5, 0.6) is 0 Å². The fourth-order valence-electron chi connectivity index (χ4n) is 5.65. The maximum absolute atomic E-state index is 12.4. The predicted molar refractivity (Wildman–Crippen MR) is 172 cm³/mol. The van der Waals surface area contributed by atoms with Gasteiger partial charge in [-0.3, -0.25) is 28.9 Å². The van der Waals surface area contributed by atoms with Gasteiger partial charge < -0.3 is 20.8 Å². The number of carbonyl (C=O) groups is 6. The first-order valence-electron chi connectivity index (χ1n) is 17.4. The van der Waals surface area contributed by atoms with Gasteiger partial charge in [-0.05, 0) is 31.6 Å². The highest BCUT2D eigenvalue weighted by molar-refractivity contribution is 6.03. The Kier molecular flexibility index (Phi) is 21.6. The highest BCUT2D eigenvalue weighted by atomic mass is 16.4. The van der Waals surface area contributed by atoms with Crippen molar-refractivity contribution in [3.8, 4) is 0 Å². The third-order valence-corrected chi connectivity index (χ3v) is 8.55. The Labute approximate surface area is 269 Å². The number of nitrogens with one attached hydrogen (secondary N) is 2. The number of carbonyl (C=O) groups excluding carboxylic acids is 4. The molecule has 0 aliphatic carbocycles. The van der Waals surface area contributed by atoms with Crippen molar-refractivity contribution in [1.82, 2.24) is 15.5 Å². The number of hydrogen-bond donors (Lipinski definition) is 4. The van der Waals surface area contributed by atoms with Gasteiger partial charge in [-0.2, -0.15) is 0 Å². The molecule has 0 saturated carbocycles. The van der Waals surface area contributed by atoms with Gasteiger partial charge in [0.25, 0.3) is 0 Å². The molecule has 1 fully saturated rings. The van der Waals surface area contributed by atoms with Crippen LogP contribution in [-0.2, 0) is 28.8 Å². The third kappa shape index (κ3) is 19.2. The Morgan fingerprint density at radius 2 is 1.13 bits per heavy atom. The summed E-state index contributed by atoms with van der Waals surface area (Å²) in [6.45, 7) is 4.05. The van der Waals surface area contributed by atoms with Crippen molar-refractivity contribution in [2.75, 3.05) is 13.1 Å². The van der Waals surface area contributed by atoms with Crippen LogP contribution in [0.25, 0.3) is 0 Å². The lowest BCUT2D eigenvalue weighted by atomic mass is 9.94. The summed E-state index contributed by atoms with van der Waals surface area (Å²) < 4.78 is 0. The number of aliphatic carboxylic acids is 2. The number of unbranched alkanes of at least 4 members (excludes halogenated alkanes) is 15. The summed E-state index contributed by atoms with van der Waals surface area (Å²) >= 11 is 0. The van der Waals surface area contributed by atoms with Gasteiger partial charge in [0.05, 0.1) is 0 Å². The maximum atomic E-state index is 12.4. The van der Waals surface area contributed by atoms with E-state index >= 15 is 0 Å². The second kappa shape index (κ2) is 24.3. The van der Waals surface area contributed by atoms with Gasteiger partial charge in [-0.1, -0.05) is 97.3 Å². The Balaban J connectivity index is 2.02. The van der Waals surface area contributed by atoms with E-state index in [0.717, 1.165) is 38.5 Å². The zero-order valence-corrected chi connectivity index (χ0v) is 27.8. The van der Waals surface area contributed by atoms with Crippen molar-refractivity contribution in [1.29, 1.82) is 0 Å². The highest BCUT2D eigenvalue weighted by Crippen LogP contribution is 2.26. The second-order valence-electron chi connectivity index (χ2n) is 12.9. The van der Waals surface area contributed by atoms with E-state index in [2.05, 4.69) is 10.6 Å². The molecule has 0 aromatic heterocycles. The Morgan fingerprint density at radius 1 is 0.689 bits per heavy atom. The van der Waals surface area contributed by atoms with Crippen molar-refractivity contribution < 1.29 is 39.0 Å². The number of imide groups is 1. The molecule has 0 aromatic rings. The van der Waals surface area contributed by atoms with Crippen LogP contribution in [0.15, 0.2) is 0 Å². The largest absolute Gasteiger partial charge is 0.481 e. The minimum Gasteiger partial charge on any atom is -0.481 e. The number of nitrogens with zero attached hydrogens (tertiary/aromatic N) is 1. The van der Waals surface area contributed by atoms with Crippen LogP contribution in [0.4, 0.5) is 0 Å². The third-order valence-electron chi connectivity index (χ3n) is 8.55. The van der Waals surface area contributed by atoms with Gasteiger partial charge in [0, 0.05) is 44.7 Å².